The van der Waals surface area contributed by atoms with Gasteiger partial charge in [0.1, 0.15) is 5.75 Å². The number of benzene rings is 2. The van der Waals surface area contributed by atoms with E-state index in [0.29, 0.717) is 24.2 Å². The van der Waals surface area contributed by atoms with E-state index >= 15 is 0 Å². The average molecular weight is 374 g/mol. The standard InChI is InChI=1S/C22H24B2O4/c1-27-20-7-5-15(21-11-17(26)10-18(12-25)28-21)9-19(20)22(23,24)16-6-4-13-2-3-14(13)8-16/h4-9,17-18,21,25-26H,2-3,10-12H2,1H3. The van der Waals surface area contributed by atoms with E-state index in [1.165, 1.54) is 11.1 Å². The number of hydrogen-bond donors (Lipinski definition) is 2. The number of aryl methyl sites for hydroxylation is 2. The summed E-state index contributed by atoms with van der Waals surface area (Å²) in [6.45, 7) is -0.122. The van der Waals surface area contributed by atoms with Gasteiger partial charge in [-0.15, -0.1) is 0 Å². The van der Waals surface area contributed by atoms with E-state index in [-0.39, 0.29) is 18.8 Å². The second-order valence-corrected chi connectivity index (χ2v) is 7.87. The molecule has 0 spiro atoms. The van der Waals surface area contributed by atoms with Crippen LogP contribution in [0.3, 0.4) is 0 Å². The van der Waals surface area contributed by atoms with Crippen LogP contribution in [-0.2, 0) is 22.8 Å². The van der Waals surface area contributed by atoms with Crippen molar-refractivity contribution in [2.45, 2.75) is 49.2 Å². The SMILES string of the molecule is [B]C([B])(c1ccc2c(c1)CC2)c1cc(C2CC(O)CC(CO)O2)ccc1OC. The molecule has 2 N–H and O–H groups in total. The van der Waals surface area contributed by atoms with Crippen LogP contribution in [0.2, 0.25) is 0 Å². The molecule has 0 aromatic heterocycles. The normalized spacial score (nSPS) is 24.3. The van der Waals surface area contributed by atoms with E-state index in [0.717, 1.165) is 24.0 Å². The first kappa shape index (κ1) is 19.6. The monoisotopic (exact) mass is 374 g/mol. The molecular formula is C22H24B2O4. The second kappa shape index (κ2) is 7.58. The number of rotatable bonds is 5. The van der Waals surface area contributed by atoms with Crippen molar-refractivity contribution in [1.82, 2.24) is 0 Å². The molecule has 28 heavy (non-hydrogen) atoms. The third kappa shape index (κ3) is 3.49. The maximum atomic E-state index is 10.1. The van der Waals surface area contributed by atoms with Gasteiger partial charge in [0.05, 0.1) is 47.7 Å². The highest BCUT2D eigenvalue weighted by atomic mass is 16.5. The van der Waals surface area contributed by atoms with Crippen LogP contribution in [0.25, 0.3) is 0 Å². The lowest BCUT2D eigenvalue weighted by atomic mass is 9.47. The Morgan fingerprint density at radius 3 is 2.54 bits per heavy atom. The van der Waals surface area contributed by atoms with E-state index in [1.807, 2.05) is 24.3 Å². The van der Waals surface area contributed by atoms with Crippen molar-refractivity contribution in [2.24, 2.45) is 0 Å². The van der Waals surface area contributed by atoms with Gasteiger partial charge in [-0.05, 0) is 46.4 Å². The Balaban J connectivity index is 1.71. The lowest BCUT2D eigenvalue weighted by Gasteiger charge is -2.35. The third-order valence-electron chi connectivity index (χ3n) is 5.97. The van der Waals surface area contributed by atoms with E-state index < -0.39 is 11.3 Å². The first-order valence-electron chi connectivity index (χ1n) is 9.75. The van der Waals surface area contributed by atoms with Gasteiger partial charge in [0.15, 0.2) is 0 Å². The summed E-state index contributed by atoms with van der Waals surface area (Å²) >= 11 is 0. The van der Waals surface area contributed by atoms with Gasteiger partial charge in [-0.2, -0.15) is 0 Å². The minimum absolute atomic E-state index is 0.122. The molecule has 1 aliphatic heterocycles. The van der Waals surface area contributed by atoms with E-state index in [1.54, 1.807) is 7.11 Å². The smallest absolute Gasteiger partial charge is 0.121 e. The average Bonchev–Trinajstić information content (AvgIpc) is 2.67. The molecular weight excluding hydrogens is 350 g/mol. The van der Waals surface area contributed by atoms with Crippen molar-refractivity contribution >= 4 is 15.7 Å². The van der Waals surface area contributed by atoms with Crippen LogP contribution in [0.1, 0.15) is 46.8 Å². The van der Waals surface area contributed by atoms with Gasteiger partial charge < -0.3 is 19.7 Å². The number of methoxy groups -OCH3 is 1. The van der Waals surface area contributed by atoms with Gasteiger partial charge in [-0.25, -0.2) is 0 Å². The molecule has 4 rings (SSSR count). The predicted octanol–water partition coefficient (Wildman–Crippen LogP) is 1.91. The number of ether oxygens (including phenoxy) is 2. The molecule has 1 aliphatic carbocycles. The Kier molecular flexibility index (Phi) is 5.30. The number of aliphatic hydroxyl groups excluding tert-OH is 2. The first-order valence-corrected chi connectivity index (χ1v) is 9.75. The van der Waals surface area contributed by atoms with E-state index in [2.05, 4.69) is 12.1 Å². The van der Waals surface area contributed by atoms with Crippen LogP contribution in [0.15, 0.2) is 36.4 Å². The number of fused-ring (bicyclic) bond motifs is 1. The molecule has 0 amide bonds. The van der Waals surface area contributed by atoms with Crippen molar-refractivity contribution in [2.75, 3.05) is 13.7 Å². The number of aliphatic hydroxyl groups is 2. The Morgan fingerprint density at radius 1 is 1.11 bits per heavy atom. The molecule has 4 nitrogen and oxygen atoms in total. The largest absolute Gasteiger partial charge is 0.497 e. The first-order chi connectivity index (χ1) is 13.4. The Hall–Kier alpha value is -1.75. The molecule has 142 valence electrons. The van der Waals surface area contributed by atoms with Crippen LogP contribution in [0, 0.1) is 0 Å². The van der Waals surface area contributed by atoms with Gasteiger partial charge in [0.2, 0.25) is 0 Å². The summed E-state index contributed by atoms with van der Waals surface area (Å²) in [7, 11) is 14.8. The minimum atomic E-state index is -1.23. The third-order valence-corrected chi connectivity index (χ3v) is 5.97. The fraction of sp³-hybridized carbons (Fsp3) is 0.455. The van der Waals surface area contributed by atoms with Crippen molar-refractivity contribution in [3.05, 3.63) is 64.2 Å². The Morgan fingerprint density at radius 2 is 1.89 bits per heavy atom. The molecule has 3 unspecified atom stereocenters. The summed E-state index contributed by atoms with van der Waals surface area (Å²) in [5.41, 5.74) is 4.99. The van der Waals surface area contributed by atoms with Gasteiger partial charge >= 0.3 is 0 Å². The van der Waals surface area contributed by atoms with Crippen molar-refractivity contribution in [3.8, 4) is 5.75 Å². The molecule has 1 saturated heterocycles. The molecule has 1 fully saturated rings. The van der Waals surface area contributed by atoms with Crippen LogP contribution in [0.5, 0.6) is 5.75 Å². The van der Waals surface area contributed by atoms with Crippen molar-refractivity contribution in [3.63, 3.8) is 0 Å². The molecule has 2 aromatic carbocycles. The molecule has 2 aliphatic rings. The molecule has 6 heteroatoms. The fourth-order valence-corrected chi connectivity index (χ4v) is 4.18. The molecule has 2 aromatic rings. The predicted molar refractivity (Wildman–Crippen MR) is 109 cm³/mol. The molecule has 3 atom stereocenters. The molecule has 0 saturated carbocycles. The summed E-state index contributed by atoms with van der Waals surface area (Å²) in [5, 5.41) is 18.4. The van der Waals surface area contributed by atoms with Gasteiger partial charge in [0, 0.05) is 12.8 Å². The summed E-state index contributed by atoms with van der Waals surface area (Å²) in [4.78, 5) is 0. The minimum Gasteiger partial charge on any atom is -0.497 e. The maximum Gasteiger partial charge on any atom is 0.121 e. The van der Waals surface area contributed by atoms with Crippen LogP contribution >= 0.6 is 0 Å². The quantitative estimate of drug-likeness (QED) is 0.786. The van der Waals surface area contributed by atoms with Crippen LogP contribution in [-0.4, -0.2) is 51.8 Å². The highest BCUT2D eigenvalue weighted by Gasteiger charge is 2.32. The Labute approximate surface area is 168 Å². The van der Waals surface area contributed by atoms with Gasteiger partial charge in [-0.1, -0.05) is 35.9 Å². The lowest BCUT2D eigenvalue weighted by Crippen LogP contribution is -2.34. The van der Waals surface area contributed by atoms with Crippen LogP contribution in [0.4, 0.5) is 0 Å². The summed E-state index contributed by atoms with van der Waals surface area (Å²) < 4.78 is 11.5. The fourth-order valence-electron chi connectivity index (χ4n) is 4.18. The molecule has 1 heterocycles. The molecule has 4 radical (unpaired) electrons. The highest BCUT2D eigenvalue weighted by molar-refractivity contribution is 6.42. The summed E-state index contributed by atoms with van der Waals surface area (Å²) in [6, 6.07) is 11.8. The Bertz CT molecular complexity index is 868. The van der Waals surface area contributed by atoms with Gasteiger partial charge in [0.25, 0.3) is 0 Å². The van der Waals surface area contributed by atoms with E-state index in [4.69, 9.17) is 25.2 Å². The van der Waals surface area contributed by atoms with E-state index in [9.17, 15) is 10.2 Å². The second-order valence-electron chi connectivity index (χ2n) is 7.87. The van der Waals surface area contributed by atoms with Gasteiger partial charge in [-0.3, -0.25) is 0 Å². The highest BCUT2D eigenvalue weighted by Crippen LogP contribution is 2.39. The van der Waals surface area contributed by atoms with Crippen molar-refractivity contribution < 1.29 is 19.7 Å². The topological polar surface area (TPSA) is 58.9 Å². The summed E-state index contributed by atoms with van der Waals surface area (Å²) in [6.07, 6.45) is 1.81. The number of hydrogen-bond acceptors (Lipinski definition) is 4. The molecule has 0 bridgehead atoms. The zero-order chi connectivity index (χ0) is 19.9. The maximum absolute atomic E-state index is 10.1. The summed E-state index contributed by atoms with van der Waals surface area (Å²) in [5.74, 6) is 0.603. The van der Waals surface area contributed by atoms with Crippen LogP contribution < -0.4 is 4.74 Å². The zero-order valence-electron chi connectivity index (χ0n) is 16.1. The zero-order valence-corrected chi connectivity index (χ0v) is 16.1. The lowest BCUT2D eigenvalue weighted by molar-refractivity contribution is -0.113. The van der Waals surface area contributed by atoms with Crippen molar-refractivity contribution in [1.29, 1.82) is 0 Å².